The molecule has 0 radical (unpaired) electrons. The summed E-state index contributed by atoms with van der Waals surface area (Å²) in [7, 11) is 0. The van der Waals surface area contributed by atoms with Gasteiger partial charge in [0.15, 0.2) is 18.5 Å². The zero-order valence-electron chi connectivity index (χ0n) is 11.1. The SMILES string of the molecule is CC(Oc1cccc(Cl)c1)C(=O)NCc1cc[nH+]cc1. The highest BCUT2D eigenvalue weighted by Gasteiger charge is 2.14. The fraction of sp³-hybridized carbons (Fsp3) is 0.200. The van der Waals surface area contributed by atoms with E-state index in [1.807, 2.05) is 24.5 Å². The molecular formula is C15H16ClN2O2+. The van der Waals surface area contributed by atoms with Gasteiger partial charge in [-0.15, -0.1) is 0 Å². The first-order valence-electron chi connectivity index (χ1n) is 6.30. The number of aromatic nitrogens is 1. The Hall–Kier alpha value is -2.07. The molecule has 2 N–H and O–H groups in total. The zero-order chi connectivity index (χ0) is 14.4. The number of rotatable bonds is 5. The van der Waals surface area contributed by atoms with Crippen LogP contribution in [0.1, 0.15) is 12.5 Å². The summed E-state index contributed by atoms with van der Waals surface area (Å²) in [5, 5.41) is 3.40. The van der Waals surface area contributed by atoms with Gasteiger partial charge in [0.1, 0.15) is 5.75 Å². The molecule has 0 spiro atoms. The third-order valence-electron chi connectivity index (χ3n) is 2.73. The molecule has 0 aliphatic heterocycles. The van der Waals surface area contributed by atoms with E-state index < -0.39 is 6.10 Å². The molecule has 1 unspecified atom stereocenters. The van der Waals surface area contributed by atoms with E-state index in [2.05, 4.69) is 10.3 Å². The van der Waals surface area contributed by atoms with Crippen molar-refractivity contribution in [3.8, 4) is 5.75 Å². The van der Waals surface area contributed by atoms with Crippen molar-refractivity contribution in [1.29, 1.82) is 0 Å². The quantitative estimate of drug-likeness (QED) is 0.918. The lowest BCUT2D eigenvalue weighted by molar-refractivity contribution is -0.378. The predicted molar refractivity (Wildman–Crippen MR) is 76.4 cm³/mol. The van der Waals surface area contributed by atoms with Crippen molar-refractivity contribution in [2.75, 3.05) is 0 Å². The molecule has 0 aliphatic rings. The third-order valence-corrected chi connectivity index (χ3v) is 2.97. The first kappa shape index (κ1) is 14.3. The lowest BCUT2D eigenvalue weighted by Gasteiger charge is -2.14. The lowest BCUT2D eigenvalue weighted by Crippen LogP contribution is -2.35. The number of aromatic amines is 1. The number of ether oxygens (including phenoxy) is 1. The molecule has 1 atom stereocenters. The standard InChI is InChI=1S/C15H15ClN2O2/c1-11(20-14-4-2-3-13(16)9-14)15(19)18-10-12-5-7-17-8-6-12/h2-9,11H,10H2,1H3,(H,18,19)/p+1. The second kappa shape index (κ2) is 6.91. The number of H-pyrrole nitrogens is 1. The Morgan fingerprint density at radius 2 is 2.10 bits per heavy atom. The molecule has 20 heavy (non-hydrogen) atoms. The number of nitrogens with one attached hydrogen (secondary N) is 2. The van der Waals surface area contributed by atoms with Gasteiger partial charge in [0.25, 0.3) is 5.91 Å². The van der Waals surface area contributed by atoms with Crippen molar-refractivity contribution in [3.63, 3.8) is 0 Å². The van der Waals surface area contributed by atoms with Crippen LogP contribution in [0.3, 0.4) is 0 Å². The molecule has 0 saturated heterocycles. The summed E-state index contributed by atoms with van der Waals surface area (Å²) in [5.74, 6) is 0.410. The van der Waals surface area contributed by atoms with Crippen LogP contribution in [0.4, 0.5) is 0 Å². The smallest absolute Gasteiger partial charge is 0.261 e. The van der Waals surface area contributed by atoms with E-state index in [4.69, 9.17) is 16.3 Å². The van der Waals surface area contributed by atoms with Gasteiger partial charge in [-0.25, -0.2) is 4.98 Å². The van der Waals surface area contributed by atoms with Gasteiger partial charge < -0.3 is 10.1 Å². The molecule has 1 amide bonds. The second-order valence-corrected chi connectivity index (χ2v) is 4.78. The van der Waals surface area contributed by atoms with Crippen molar-refractivity contribution >= 4 is 17.5 Å². The molecule has 0 saturated carbocycles. The van der Waals surface area contributed by atoms with Crippen LogP contribution in [-0.2, 0) is 11.3 Å². The van der Waals surface area contributed by atoms with Crippen LogP contribution < -0.4 is 15.0 Å². The number of halogens is 1. The first-order chi connectivity index (χ1) is 9.65. The van der Waals surface area contributed by atoms with Crippen LogP contribution in [0.15, 0.2) is 48.8 Å². The average Bonchev–Trinajstić information content (AvgIpc) is 2.46. The maximum atomic E-state index is 11.9. The Labute approximate surface area is 122 Å². The molecule has 4 nitrogen and oxygen atoms in total. The Bertz CT molecular complexity index is 575. The van der Waals surface area contributed by atoms with E-state index in [0.717, 1.165) is 5.56 Å². The van der Waals surface area contributed by atoms with E-state index in [-0.39, 0.29) is 5.91 Å². The summed E-state index contributed by atoms with van der Waals surface area (Å²) in [6, 6.07) is 10.8. The molecule has 5 heteroatoms. The summed E-state index contributed by atoms with van der Waals surface area (Å²) in [5.41, 5.74) is 1.02. The van der Waals surface area contributed by atoms with E-state index in [1.165, 1.54) is 0 Å². The molecular weight excluding hydrogens is 276 g/mol. The number of hydrogen-bond acceptors (Lipinski definition) is 2. The number of pyridine rings is 1. The Morgan fingerprint density at radius 3 is 2.80 bits per heavy atom. The van der Waals surface area contributed by atoms with Gasteiger partial charge in [-0.2, -0.15) is 0 Å². The number of amides is 1. The van der Waals surface area contributed by atoms with Gasteiger partial charge in [0, 0.05) is 23.7 Å². The van der Waals surface area contributed by atoms with Crippen molar-refractivity contribution in [1.82, 2.24) is 5.32 Å². The highest BCUT2D eigenvalue weighted by atomic mass is 35.5. The summed E-state index contributed by atoms with van der Waals surface area (Å²) < 4.78 is 5.54. The van der Waals surface area contributed by atoms with Crippen molar-refractivity contribution in [2.24, 2.45) is 0 Å². The fourth-order valence-electron chi connectivity index (χ4n) is 1.67. The number of benzene rings is 1. The minimum Gasteiger partial charge on any atom is -0.481 e. The molecule has 0 aliphatic carbocycles. The van der Waals surface area contributed by atoms with Gasteiger partial charge in [-0.3, -0.25) is 4.79 Å². The zero-order valence-corrected chi connectivity index (χ0v) is 11.9. The average molecular weight is 292 g/mol. The minimum absolute atomic E-state index is 0.169. The number of carbonyl (C=O) groups excluding carboxylic acids is 1. The largest absolute Gasteiger partial charge is 0.481 e. The Balaban J connectivity index is 1.86. The summed E-state index contributed by atoms with van der Waals surface area (Å²) in [4.78, 5) is 14.9. The second-order valence-electron chi connectivity index (χ2n) is 4.34. The third kappa shape index (κ3) is 4.24. The van der Waals surface area contributed by atoms with Crippen molar-refractivity contribution in [3.05, 3.63) is 59.4 Å². The Kier molecular flexibility index (Phi) is 4.96. The molecule has 0 fully saturated rings. The van der Waals surface area contributed by atoms with Crippen LogP contribution in [0.25, 0.3) is 0 Å². The van der Waals surface area contributed by atoms with Crippen LogP contribution in [0.5, 0.6) is 5.75 Å². The van der Waals surface area contributed by atoms with Gasteiger partial charge in [0.2, 0.25) is 0 Å². The fourth-order valence-corrected chi connectivity index (χ4v) is 1.85. The topological polar surface area (TPSA) is 52.5 Å². The van der Waals surface area contributed by atoms with Gasteiger partial charge in [-0.1, -0.05) is 17.7 Å². The monoisotopic (exact) mass is 291 g/mol. The number of carbonyl (C=O) groups is 1. The molecule has 1 aromatic carbocycles. The summed E-state index contributed by atoms with van der Waals surface area (Å²) in [6.07, 6.45) is 3.05. The van der Waals surface area contributed by atoms with E-state index in [9.17, 15) is 4.79 Å². The van der Waals surface area contributed by atoms with Gasteiger partial charge in [-0.05, 0) is 30.7 Å². The maximum absolute atomic E-state index is 11.9. The normalized spacial score (nSPS) is 11.7. The van der Waals surface area contributed by atoms with E-state index in [0.29, 0.717) is 17.3 Å². The van der Waals surface area contributed by atoms with E-state index in [1.54, 1.807) is 31.2 Å². The maximum Gasteiger partial charge on any atom is 0.261 e. The molecule has 1 heterocycles. The van der Waals surface area contributed by atoms with Gasteiger partial charge >= 0.3 is 0 Å². The molecule has 1 aromatic heterocycles. The Morgan fingerprint density at radius 1 is 1.35 bits per heavy atom. The van der Waals surface area contributed by atoms with Crippen molar-refractivity contribution in [2.45, 2.75) is 19.6 Å². The molecule has 104 valence electrons. The highest BCUT2D eigenvalue weighted by molar-refractivity contribution is 6.30. The van der Waals surface area contributed by atoms with E-state index >= 15 is 0 Å². The van der Waals surface area contributed by atoms with Gasteiger partial charge in [0.05, 0.1) is 0 Å². The van der Waals surface area contributed by atoms with Crippen LogP contribution in [0, 0.1) is 0 Å². The van der Waals surface area contributed by atoms with Crippen LogP contribution >= 0.6 is 11.6 Å². The van der Waals surface area contributed by atoms with Crippen LogP contribution in [0.2, 0.25) is 5.02 Å². The highest BCUT2D eigenvalue weighted by Crippen LogP contribution is 2.18. The lowest BCUT2D eigenvalue weighted by atomic mass is 10.2. The molecule has 0 bridgehead atoms. The van der Waals surface area contributed by atoms with Crippen LogP contribution in [-0.4, -0.2) is 12.0 Å². The number of hydrogen-bond donors (Lipinski definition) is 1. The summed E-state index contributed by atoms with van der Waals surface area (Å²) >= 11 is 5.87. The molecule has 2 aromatic rings. The molecule has 2 rings (SSSR count). The first-order valence-corrected chi connectivity index (χ1v) is 6.68. The summed E-state index contributed by atoms with van der Waals surface area (Å²) in [6.45, 7) is 2.17. The van der Waals surface area contributed by atoms with Crippen molar-refractivity contribution < 1.29 is 14.5 Å². The minimum atomic E-state index is -0.580. The predicted octanol–water partition coefficient (Wildman–Crippen LogP) is 2.24.